The molecule has 0 unspecified atom stereocenters. The van der Waals surface area contributed by atoms with Crippen molar-refractivity contribution in [3.05, 3.63) is 66.5 Å². The lowest BCUT2D eigenvalue weighted by Gasteiger charge is -2.08. The van der Waals surface area contributed by atoms with Crippen molar-refractivity contribution in [3.8, 4) is 5.75 Å². The third kappa shape index (κ3) is 3.16. The molecular weight excluding hydrogens is 326 g/mol. The standard InChI is InChI=1S/C21H21N3O2/c1-26-17-6-7-20-15(12-17)8-10-24(20)11-9-22-21(25)13-16-14-23-19-5-3-2-4-18(16)19/h2-8,10,12,14,23H,9,11,13H2,1H3,(H,22,25). The molecule has 0 aliphatic rings. The fourth-order valence-corrected chi connectivity index (χ4v) is 3.33. The Hall–Kier alpha value is -3.21. The van der Waals surface area contributed by atoms with Gasteiger partial charge in [0.05, 0.1) is 13.5 Å². The number of nitrogens with zero attached hydrogens (tertiary/aromatic N) is 1. The molecule has 0 saturated heterocycles. The molecular formula is C21H21N3O2. The Bertz CT molecular complexity index is 1060. The van der Waals surface area contributed by atoms with Gasteiger partial charge in [0.15, 0.2) is 0 Å². The smallest absolute Gasteiger partial charge is 0.224 e. The zero-order chi connectivity index (χ0) is 17.9. The van der Waals surface area contributed by atoms with Crippen LogP contribution in [0.25, 0.3) is 21.8 Å². The van der Waals surface area contributed by atoms with Crippen LogP contribution in [-0.4, -0.2) is 29.1 Å². The van der Waals surface area contributed by atoms with Crippen LogP contribution < -0.4 is 10.1 Å². The van der Waals surface area contributed by atoms with Crippen LogP contribution in [0, 0.1) is 0 Å². The summed E-state index contributed by atoms with van der Waals surface area (Å²) in [7, 11) is 1.67. The number of benzene rings is 2. The van der Waals surface area contributed by atoms with Crippen LogP contribution in [0.3, 0.4) is 0 Å². The number of hydrogen-bond acceptors (Lipinski definition) is 2. The summed E-state index contributed by atoms with van der Waals surface area (Å²) in [5, 5.41) is 5.25. The topological polar surface area (TPSA) is 59.0 Å². The summed E-state index contributed by atoms with van der Waals surface area (Å²) in [4.78, 5) is 15.5. The molecule has 2 aromatic heterocycles. The van der Waals surface area contributed by atoms with E-state index in [1.165, 1.54) is 0 Å². The number of fused-ring (bicyclic) bond motifs is 2. The van der Waals surface area contributed by atoms with Crippen LogP contribution in [0.5, 0.6) is 5.75 Å². The van der Waals surface area contributed by atoms with E-state index in [2.05, 4.69) is 20.9 Å². The number of nitrogens with one attached hydrogen (secondary N) is 2. The number of H-pyrrole nitrogens is 1. The van der Waals surface area contributed by atoms with Crippen molar-refractivity contribution in [3.63, 3.8) is 0 Å². The molecule has 5 nitrogen and oxygen atoms in total. The molecule has 4 rings (SSSR count). The number of ether oxygens (including phenoxy) is 1. The number of aromatic amines is 1. The van der Waals surface area contributed by atoms with Gasteiger partial charge < -0.3 is 19.6 Å². The summed E-state index contributed by atoms with van der Waals surface area (Å²) < 4.78 is 7.40. The SMILES string of the molecule is COc1ccc2c(ccn2CCNC(=O)Cc2c[nH]c3ccccc23)c1. The quantitative estimate of drug-likeness (QED) is 0.561. The number of hydrogen-bond donors (Lipinski definition) is 2. The van der Waals surface area contributed by atoms with Gasteiger partial charge in [-0.1, -0.05) is 18.2 Å². The summed E-state index contributed by atoms with van der Waals surface area (Å²) in [5.41, 5.74) is 3.22. The van der Waals surface area contributed by atoms with E-state index in [0.29, 0.717) is 13.0 Å². The number of para-hydroxylation sites is 1. The lowest BCUT2D eigenvalue weighted by Crippen LogP contribution is -2.28. The summed E-state index contributed by atoms with van der Waals surface area (Å²) in [6.45, 7) is 1.33. The molecule has 0 radical (unpaired) electrons. The molecule has 0 saturated carbocycles. The molecule has 0 spiro atoms. The highest BCUT2D eigenvalue weighted by atomic mass is 16.5. The van der Waals surface area contributed by atoms with E-state index in [1.807, 2.05) is 54.9 Å². The Labute approximate surface area is 151 Å². The highest BCUT2D eigenvalue weighted by molar-refractivity contribution is 5.88. The van der Waals surface area contributed by atoms with Gasteiger partial charge in [0.25, 0.3) is 0 Å². The first kappa shape index (κ1) is 16.3. The van der Waals surface area contributed by atoms with Crippen LogP contribution in [0.4, 0.5) is 0 Å². The van der Waals surface area contributed by atoms with E-state index in [-0.39, 0.29) is 5.91 Å². The normalized spacial score (nSPS) is 11.1. The Morgan fingerprint density at radius 2 is 2.08 bits per heavy atom. The van der Waals surface area contributed by atoms with Gasteiger partial charge in [0.1, 0.15) is 5.75 Å². The van der Waals surface area contributed by atoms with Crippen molar-refractivity contribution >= 4 is 27.7 Å². The summed E-state index contributed by atoms with van der Waals surface area (Å²) in [6.07, 6.45) is 4.33. The van der Waals surface area contributed by atoms with Gasteiger partial charge in [-0.2, -0.15) is 0 Å². The van der Waals surface area contributed by atoms with Gasteiger partial charge in [-0.15, -0.1) is 0 Å². The van der Waals surface area contributed by atoms with Gasteiger partial charge in [-0.05, 0) is 35.9 Å². The van der Waals surface area contributed by atoms with Crippen LogP contribution in [-0.2, 0) is 17.8 Å². The molecule has 0 bridgehead atoms. The van der Waals surface area contributed by atoms with E-state index in [0.717, 1.165) is 39.7 Å². The van der Waals surface area contributed by atoms with Gasteiger partial charge >= 0.3 is 0 Å². The number of carbonyl (C=O) groups excluding carboxylic acids is 1. The average Bonchev–Trinajstić information content (AvgIpc) is 3.26. The van der Waals surface area contributed by atoms with Gasteiger partial charge in [-0.3, -0.25) is 4.79 Å². The third-order valence-electron chi connectivity index (χ3n) is 4.68. The van der Waals surface area contributed by atoms with Crippen molar-refractivity contribution in [2.45, 2.75) is 13.0 Å². The van der Waals surface area contributed by atoms with Crippen LogP contribution in [0.15, 0.2) is 60.9 Å². The van der Waals surface area contributed by atoms with Gasteiger partial charge in [0, 0.05) is 47.3 Å². The molecule has 2 N–H and O–H groups in total. The second-order valence-electron chi connectivity index (χ2n) is 6.32. The van der Waals surface area contributed by atoms with Gasteiger partial charge in [-0.25, -0.2) is 0 Å². The summed E-state index contributed by atoms with van der Waals surface area (Å²) in [5.74, 6) is 0.884. The van der Waals surface area contributed by atoms with Crippen molar-refractivity contribution in [2.24, 2.45) is 0 Å². The van der Waals surface area contributed by atoms with Crippen molar-refractivity contribution in [2.75, 3.05) is 13.7 Å². The molecule has 0 aliphatic carbocycles. The molecule has 0 fully saturated rings. The first-order chi connectivity index (χ1) is 12.7. The third-order valence-corrected chi connectivity index (χ3v) is 4.68. The highest BCUT2D eigenvalue weighted by Crippen LogP contribution is 2.21. The summed E-state index contributed by atoms with van der Waals surface area (Å²) >= 11 is 0. The number of aromatic nitrogens is 2. The van der Waals surface area contributed by atoms with Gasteiger partial charge in [0.2, 0.25) is 5.91 Å². The second kappa shape index (κ2) is 6.96. The Morgan fingerprint density at radius 3 is 2.96 bits per heavy atom. The monoisotopic (exact) mass is 347 g/mol. The van der Waals surface area contributed by atoms with E-state index >= 15 is 0 Å². The number of amides is 1. The van der Waals surface area contributed by atoms with E-state index in [9.17, 15) is 4.79 Å². The first-order valence-electron chi connectivity index (χ1n) is 8.69. The fraction of sp³-hybridized carbons (Fsp3) is 0.190. The van der Waals surface area contributed by atoms with Crippen LogP contribution in [0.1, 0.15) is 5.56 Å². The van der Waals surface area contributed by atoms with E-state index in [4.69, 9.17) is 4.74 Å². The second-order valence-corrected chi connectivity index (χ2v) is 6.32. The Kier molecular flexibility index (Phi) is 4.35. The molecule has 4 aromatic rings. The predicted molar refractivity (Wildman–Crippen MR) is 104 cm³/mol. The highest BCUT2D eigenvalue weighted by Gasteiger charge is 2.08. The number of methoxy groups -OCH3 is 1. The molecule has 5 heteroatoms. The zero-order valence-corrected chi connectivity index (χ0v) is 14.7. The maximum atomic E-state index is 12.3. The maximum Gasteiger partial charge on any atom is 0.224 e. The van der Waals surface area contributed by atoms with E-state index in [1.54, 1.807) is 7.11 Å². The fourth-order valence-electron chi connectivity index (χ4n) is 3.33. The maximum absolute atomic E-state index is 12.3. The Balaban J connectivity index is 1.36. The van der Waals surface area contributed by atoms with Crippen LogP contribution in [0.2, 0.25) is 0 Å². The Morgan fingerprint density at radius 1 is 1.19 bits per heavy atom. The zero-order valence-electron chi connectivity index (χ0n) is 14.7. The minimum atomic E-state index is 0.0351. The van der Waals surface area contributed by atoms with E-state index < -0.39 is 0 Å². The lowest BCUT2D eigenvalue weighted by molar-refractivity contribution is -0.120. The molecule has 2 heterocycles. The molecule has 0 aliphatic heterocycles. The minimum Gasteiger partial charge on any atom is -0.497 e. The average molecular weight is 347 g/mol. The number of carbonyl (C=O) groups is 1. The predicted octanol–water partition coefficient (Wildman–Crippen LogP) is 3.49. The first-order valence-corrected chi connectivity index (χ1v) is 8.69. The molecule has 132 valence electrons. The molecule has 26 heavy (non-hydrogen) atoms. The van der Waals surface area contributed by atoms with Crippen molar-refractivity contribution in [1.82, 2.24) is 14.9 Å². The van der Waals surface area contributed by atoms with Crippen LogP contribution >= 0.6 is 0 Å². The molecule has 1 amide bonds. The molecule has 2 aromatic carbocycles. The van der Waals surface area contributed by atoms with Crippen molar-refractivity contribution < 1.29 is 9.53 Å². The lowest BCUT2D eigenvalue weighted by atomic mass is 10.1. The molecule has 0 atom stereocenters. The minimum absolute atomic E-state index is 0.0351. The summed E-state index contributed by atoms with van der Waals surface area (Å²) in [6, 6.07) is 16.1. The number of rotatable bonds is 6. The van der Waals surface area contributed by atoms with Crippen molar-refractivity contribution in [1.29, 1.82) is 0 Å². The largest absolute Gasteiger partial charge is 0.497 e.